The summed E-state index contributed by atoms with van der Waals surface area (Å²) < 4.78 is 0. The molecule has 0 aliphatic heterocycles. The van der Waals surface area contributed by atoms with E-state index in [1.54, 1.807) is 0 Å². The molecule has 1 unspecified atom stereocenters. The highest BCUT2D eigenvalue weighted by Crippen LogP contribution is 2.57. The normalized spacial score (nSPS) is 15.1. The molecule has 10 aromatic rings. The lowest BCUT2D eigenvalue weighted by atomic mass is 9.74. The summed E-state index contributed by atoms with van der Waals surface area (Å²) in [5.74, 6) is 0. The molecule has 1 atom stereocenters. The summed E-state index contributed by atoms with van der Waals surface area (Å²) in [5, 5.41) is 0. The van der Waals surface area contributed by atoms with Crippen LogP contribution in [-0.2, 0) is 10.8 Å². The summed E-state index contributed by atoms with van der Waals surface area (Å²) in [7, 11) is 0. The topological polar surface area (TPSA) is 3.24 Å². The number of para-hydroxylation sites is 2. The highest BCUT2D eigenvalue weighted by Gasteiger charge is 2.42. The molecule has 0 heterocycles. The summed E-state index contributed by atoms with van der Waals surface area (Å²) >= 11 is 0. The van der Waals surface area contributed by atoms with Crippen molar-refractivity contribution in [3.8, 4) is 66.8 Å². The van der Waals surface area contributed by atoms with Crippen LogP contribution in [0.1, 0.15) is 48.6 Å². The maximum absolute atomic E-state index is 2.55. The fourth-order valence-corrected chi connectivity index (χ4v) is 11.4. The molecule has 314 valence electrons. The van der Waals surface area contributed by atoms with Crippen molar-refractivity contribution >= 4 is 17.1 Å². The van der Waals surface area contributed by atoms with Gasteiger partial charge in [-0.25, -0.2) is 0 Å². The van der Waals surface area contributed by atoms with Gasteiger partial charge in [0, 0.05) is 27.6 Å². The van der Waals surface area contributed by atoms with Crippen LogP contribution in [0.15, 0.2) is 243 Å². The molecule has 2 aliphatic rings. The minimum Gasteiger partial charge on any atom is -0.309 e. The molecule has 0 N–H and O–H groups in total. The minimum absolute atomic E-state index is 0.125. The molecular formula is C65H49N. The van der Waals surface area contributed by atoms with Gasteiger partial charge in [0.15, 0.2) is 0 Å². The second-order valence-corrected chi connectivity index (χ2v) is 18.5. The van der Waals surface area contributed by atoms with Crippen LogP contribution in [0.2, 0.25) is 0 Å². The third-order valence-electron chi connectivity index (χ3n) is 14.6. The summed E-state index contributed by atoms with van der Waals surface area (Å²) in [4.78, 5) is 2.55. The van der Waals surface area contributed by atoms with E-state index in [0.717, 1.165) is 22.6 Å². The Bertz CT molecular complexity index is 3470. The second-order valence-electron chi connectivity index (χ2n) is 18.5. The first kappa shape index (κ1) is 39.6. The number of rotatable bonds is 8. The number of nitrogens with zero attached hydrogens (tertiary/aromatic N) is 1. The monoisotopic (exact) mass is 843 g/mol. The van der Waals surface area contributed by atoms with Crippen molar-refractivity contribution < 1.29 is 0 Å². The lowest BCUT2D eigenvalue weighted by molar-refractivity contribution is 0.660. The van der Waals surface area contributed by atoms with Crippen molar-refractivity contribution in [3.05, 3.63) is 270 Å². The molecule has 0 fully saturated rings. The molecule has 10 aromatic carbocycles. The average Bonchev–Trinajstić information content (AvgIpc) is 3.78. The second kappa shape index (κ2) is 15.6. The van der Waals surface area contributed by atoms with Crippen molar-refractivity contribution in [1.82, 2.24) is 0 Å². The Morgan fingerprint density at radius 2 is 0.727 bits per heavy atom. The van der Waals surface area contributed by atoms with Crippen LogP contribution in [0, 0.1) is 0 Å². The Kier molecular flexibility index (Phi) is 9.36. The molecule has 66 heavy (non-hydrogen) atoms. The van der Waals surface area contributed by atoms with E-state index in [9.17, 15) is 0 Å². The predicted molar refractivity (Wildman–Crippen MR) is 278 cm³/mol. The van der Waals surface area contributed by atoms with Crippen LogP contribution in [0.25, 0.3) is 66.8 Å². The quantitative estimate of drug-likeness (QED) is 0.147. The average molecular weight is 844 g/mol. The van der Waals surface area contributed by atoms with E-state index in [0.29, 0.717) is 0 Å². The first-order valence-corrected chi connectivity index (χ1v) is 23.2. The maximum atomic E-state index is 2.55. The highest BCUT2D eigenvalue weighted by atomic mass is 15.1. The van der Waals surface area contributed by atoms with E-state index < -0.39 is 0 Å². The van der Waals surface area contributed by atoms with Gasteiger partial charge in [-0.2, -0.15) is 0 Å². The zero-order valence-corrected chi connectivity index (χ0v) is 37.5. The lowest BCUT2D eigenvalue weighted by Crippen LogP contribution is -2.23. The molecule has 2 aliphatic carbocycles. The zero-order chi connectivity index (χ0) is 44.4. The summed E-state index contributed by atoms with van der Waals surface area (Å²) in [6.07, 6.45) is 0. The Morgan fingerprint density at radius 3 is 1.39 bits per heavy atom. The van der Waals surface area contributed by atoms with Gasteiger partial charge in [0.2, 0.25) is 0 Å². The molecule has 0 spiro atoms. The molecule has 0 aromatic heterocycles. The summed E-state index contributed by atoms with van der Waals surface area (Å²) in [5.41, 5.74) is 24.3. The van der Waals surface area contributed by atoms with Crippen molar-refractivity contribution in [1.29, 1.82) is 0 Å². The minimum atomic E-state index is -0.364. The highest BCUT2D eigenvalue weighted by molar-refractivity contribution is 6.02. The first-order valence-electron chi connectivity index (χ1n) is 23.2. The van der Waals surface area contributed by atoms with E-state index in [1.807, 2.05) is 0 Å². The van der Waals surface area contributed by atoms with Gasteiger partial charge in [-0.05, 0) is 115 Å². The van der Waals surface area contributed by atoms with E-state index in [1.165, 1.54) is 89.0 Å². The molecule has 1 nitrogen and oxygen atoms in total. The van der Waals surface area contributed by atoms with Gasteiger partial charge < -0.3 is 4.90 Å². The van der Waals surface area contributed by atoms with Crippen LogP contribution in [0.4, 0.5) is 17.1 Å². The molecular weight excluding hydrogens is 795 g/mol. The van der Waals surface area contributed by atoms with Gasteiger partial charge in [0.05, 0.1) is 11.4 Å². The Balaban J connectivity index is 1.13. The van der Waals surface area contributed by atoms with Crippen LogP contribution in [0.3, 0.4) is 0 Å². The first-order chi connectivity index (χ1) is 32.4. The third kappa shape index (κ3) is 6.07. The van der Waals surface area contributed by atoms with E-state index in [2.05, 4.69) is 268 Å². The summed E-state index contributed by atoms with van der Waals surface area (Å²) in [6.45, 7) is 7.15. The van der Waals surface area contributed by atoms with Crippen molar-refractivity contribution in [3.63, 3.8) is 0 Å². The molecule has 12 rings (SSSR count). The van der Waals surface area contributed by atoms with Crippen molar-refractivity contribution in [2.45, 2.75) is 31.6 Å². The third-order valence-corrected chi connectivity index (χ3v) is 14.6. The van der Waals surface area contributed by atoms with Gasteiger partial charge in [0.1, 0.15) is 0 Å². The molecule has 0 saturated carbocycles. The SMILES string of the molecule is CC1(C)c2ccccc2-c2c(-c3ccccc3N(c3ccc4c(c3)C(C)(c3ccccc3)c3ccccc3-4)c3ccccc3-c3ccccc3-c3ccccc3-c3ccccc3)cccc21. The van der Waals surface area contributed by atoms with Crippen LogP contribution in [0.5, 0.6) is 0 Å². The van der Waals surface area contributed by atoms with Gasteiger partial charge in [-0.15, -0.1) is 0 Å². The Morgan fingerprint density at radius 1 is 0.288 bits per heavy atom. The zero-order valence-electron chi connectivity index (χ0n) is 37.5. The predicted octanol–water partition coefficient (Wildman–Crippen LogP) is 17.5. The molecule has 0 amide bonds. The smallest absolute Gasteiger partial charge is 0.0540 e. The number of hydrogen-bond acceptors (Lipinski definition) is 1. The maximum Gasteiger partial charge on any atom is 0.0540 e. The Hall–Kier alpha value is -8.00. The lowest BCUT2D eigenvalue weighted by Gasteiger charge is -2.33. The van der Waals surface area contributed by atoms with Crippen LogP contribution >= 0.6 is 0 Å². The molecule has 0 bridgehead atoms. The number of hydrogen-bond donors (Lipinski definition) is 0. The van der Waals surface area contributed by atoms with E-state index in [-0.39, 0.29) is 10.8 Å². The van der Waals surface area contributed by atoms with Crippen molar-refractivity contribution in [2.24, 2.45) is 0 Å². The van der Waals surface area contributed by atoms with Gasteiger partial charge in [-0.3, -0.25) is 0 Å². The molecule has 0 saturated heterocycles. The molecule has 1 heteroatoms. The molecule has 0 radical (unpaired) electrons. The van der Waals surface area contributed by atoms with Crippen LogP contribution < -0.4 is 4.90 Å². The standard InChI is InChI=1S/C65H49N/c1-64(2)57-36-18-15-34-56(57)63-55(35-22-38-59(63)64)54-33-17-21-40-62(54)66(46-41-42-52-51-31-14-19-37-58(51)65(3,60(52)43-46)45-25-8-5-9-26-45)61-39-20-16-32-53(61)50-30-13-12-29-49(50)48-28-11-10-27-47(48)44-23-6-4-7-24-44/h4-43H,1-3H3. The van der Waals surface area contributed by atoms with Gasteiger partial charge >= 0.3 is 0 Å². The number of benzene rings is 10. The number of fused-ring (bicyclic) bond motifs is 6. The van der Waals surface area contributed by atoms with Gasteiger partial charge in [0.25, 0.3) is 0 Å². The summed E-state index contributed by atoms with van der Waals surface area (Å²) in [6, 6.07) is 89.8. The van der Waals surface area contributed by atoms with Gasteiger partial charge in [-0.1, -0.05) is 232 Å². The van der Waals surface area contributed by atoms with E-state index >= 15 is 0 Å². The number of anilines is 3. The largest absolute Gasteiger partial charge is 0.309 e. The van der Waals surface area contributed by atoms with Crippen molar-refractivity contribution in [2.75, 3.05) is 4.90 Å². The fraction of sp³-hybridized carbons (Fsp3) is 0.0769. The van der Waals surface area contributed by atoms with E-state index in [4.69, 9.17) is 0 Å². The van der Waals surface area contributed by atoms with Crippen LogP contribution in [-0.4, -0.2) is 0 Å². The fourth-order valence-electron chi connectivity index (χ4n) is 11.4. The Labute approximate surface area is 389 Å².